The summed E-state index contributed by atoms with van der Waals surface area (Å²) in [6.45, 7) is 0. The number of carbonyl (C=O) groups excluding carboxylic acids is 1. The molecule has 1 aliphatic rings. The average molecular weight is 206 g/mol. The lowest BCUT2D eigenvalue weighted by Crippen LogP contribution is -2.15. The molecular weight excluding hydrogens is 196 g/mol. The lowest BCUT2D eigenvalue weighted by Gasteiger charge is -2.11. The third kappa shape index (κ3) is 2.28. The van der Waals surface area contributed by atoms with Crippen molar-refractivity contribution in [3.8, 4) is 11.5 Å². The minimum atomic E-state index is -0.635. The van der Waals surface area contributed by atoms with Crippen molar-refractivity contribution in [2.24, 2.45) is 0 Å². The van der Waals surface area contributed by atoms with Crippen LogP contribution >= 0.6 is 0 Å². The zero-order valence-electron chi connectivity index (χ0n) is 8.17. The first-order valence-electron chi connectivity index (χ1n) is 4.47. The van der Waals surface area contributed by atoms with E-state index in [1.807, 2.05) is 6.07 Å². The van der Waals surface area contributed by atoms with Gasteiger partial charge >= 0.3 is 5.97 Å². The Bertz CT molecular complexity index is 397. The summed E-state index contributed by atoms with van der Waals surface area (Å²) in [4.78, 5) is 10.8. The molecule has 1 unspecified atom stereocenters. The fourth-order valence-corrected chi connectivity index (χ4v) is 1.22. The van der Waals surface area contributed by atoms with E-state index in [1.54, 1.807) is 31.4 Å². The Kier molecular flexibility index (Phi) is 2.58. The van der Waals surface area contributed by atoms with Crippen LogP contribution in [-0.2, 0) is 9.53 Å². The maximum Gasteiger partial charge on any atom is 0.334 e. The smallest absolute Gasteiger partial charge is 0.334 e. The van der Waals surface area contributed by atoms with Gasteiger partial charge in [0, 0.05) is 18.2 Å². The van der Waals surface area contributed by atoms with Crippen molar-refractivity contribution in [1.29, 1.82) is 0 Å². The van der Waals surface area contributed by atoms with Crippen LogP contribution < -0.4 is 9.47 Å². The van der Waals surface area contributed by atoms with E-state index < -0.39 is 6.29 Å². The van der Waals surface area contributed by atoms with E-state index in [1.165, 1.54) is 6.08 Å². The fourth-order valence-electron chi connectivity index (χ4n) is 1.22. The molecule has 0 radical (unpaired) electrons. The lowest BCUT2D eigenvalue weighted by molar-refractivity contribution is -0.147. The molecule has 0 aromatic heterocycles. The summed E-state index contributed by atoms with van der Waals surface area (Å²) in [5.41, 5.74) is 0. The first-order valence-corrected chi connectivity index (χ1v) is 4.47. The Morgan fingerprint density at radius 1 is 1.33 bits per heavy atom. The molecule has 1 aromatic carbocycles. The van der Waals surface area contributed by atoms with Crippen LogP contribution in [0.5, 0.6) is 11.5 Å². The van der Waals surface area contributed by atoms with Crippen LogP contribution in [-0.4, -0.2) is 19.4 Å². The highest BCUT2D eigenvalue weighted by atomic mass is 16.7. The molecule has 78 valence electrons. The number of hydrogen-bond acceptors (Lipinski definition) is 4. The topological polar surface area (TPSA) is 44.8 Å². The monoisotopic (exact) mass is 206 g/mol. The van der Waals surface area contributed by atoms with Crippen LogP contribution in [0.4, 0.5) is 0 Å². The number of rotatable bonds is 3. The van der Waals surface area contributed by atoms with Gasteiger partial charge in [0.1, 0.15) is 11.5 Å². The number of hydrogen-bond donors (Lipinski definition) is 0. The summed E-state index contributed by atoms with van der Waals surface area (Å²) < 4.78 is 15.2. The molecule has 0 aliphatic carbocycles. The van der Waals surface area contributed by atoms with Crippen LogP contribution in [0.3, 0.4) is 0 Å². The van der Waals surface area contributed by atoms with Crippen molar-refractivity contribution in [2.45, 2.75) is 6.29 Å². The van der Waals surface area contributed by atoms with Gasteiger partial charge in [-0.2, -0.15) is 0 Å². The zero-order valence-corrected chi connectivity index (χ0v) is 8.17. The van der Waals surface area contributed by atoms with Gasteiger partial charge in [-0.3, -0.25) is 0 Å². The van der Waals surface area contributed by atoms with Crippen LogP contribution in [0.25, 0.3) is 0 Å². The Morgan fingerprint density at radius 2 is 2.13 bits per heavy atom. The first-order chi connectivity index (χ1) is 7.28. The minimum absolute atomic E-state index is 0.386. The van der Waals surface area contributed by atoms with E-state index in [0.29, 0.717) is 11.5 Å². The van der Waals surface area contributed by atoms with Gasteiger partial charge in [0.25, 0.3) is 6.29 Å². The Hall–Kier alpha value is -1.97. The normalized spacial score (nSPS) is 18.7. The summed E-state index contributed by atoms with van der Waals surface area (Å²) in [5, 5.41) is 0. The van der Waals surface area contributed by atoms with Crippen LogP contribution in [0.1, 0.15) is 0 Å². The third-order valence-electron chi connectivity index (χ3n) is 1.92. The number of cyclic esters (lactones) is 1. The molecule has 4 nitrogen and oxygen atoms in total. The molecule has 0 bridgehead atoms. The molecule has 15 heavy (non-hydrogen) atoms. The average Bonchev–Trinajstić information content (AvgIpc) is 2.64. The summed E-state index contributed by atoms with van der Waals surface area (Å²) in [5.74, 6) is 0.905. The molecule has 0 fully saturated rings. The number of carbonyl (C=O) groups is 1. The Labute approximate surface area is 87.1 Å². The van der Waals surface area contributed by atoms with E-state index >= 15 is 0 Å². The summed E-state index contributed by atoms with van der Waals surface area (Å²) in [6.07, 6.45) is 2.26. The SMILES string of the molecule is COc1cccc(OC2C=CC(=O)O2)c1. The van der Waals surface area contributed by atoms with Gasteiger partial charge < -0.3 is 14.2 Å². The third-order valence-corrected chi connectivity index (χ3v) is 1.92. The summed E-state index contributed by atoms with van der Waals surface area (Å²) in [6, 6.07) is 7.10. The van der Waals surface area contributed by atoms with E-state index in [9.17, 15) is 4.79 Å². The van der Waals surface area contributed by atoms with Gasteiger partial charge in [-0.05, 0) is 12.1 Å². The Morgan fingerprint density at radius 3 is 2.80 bits per heavy atom. The fraction of sp³-hybridized carbons (Fsp3) is 0.182. The number of methoxy groups -OCH3 is 1. The second-order valence-corrected chi connectivity index (χ2v) is 2.96. The first kappa shape index (κ1) is 9.58. The van der Waals surface area contributed by atoms with Gasteiger partial charge in [0.15, 0.2) is 0 Å². The molecule has 4 heteroatoms. The van der Waals surface area contributed by atoms with Gasteiger partial charge in [-0.25, -0.2) is 4.79 Å². The van der Waals surface area contributed by atoms with E-state index in [2.05, 4.69) is 0 Å². The molecule has 1 aromatic rings. The van der Waals surface area contributed by atoms with E-state index in [-0.39, 0.29) is 5.97 Å². The second-order valence-electron chi connectivity index (χ2n) is 2.96. The summed E-state index contributed by atoms with van der Waals surface area (Å²) in [7, 11) is 1.58. The summed E-state index contributed by atoms with van der Waals surface area (Å²) >= 11 is 0. The highest BCUT2D eigenvalue weighted by Crippen LogP contribution is 2.21. The highest BCUT2D eigenvalue weighted by molar-refractivity contribution is 5.84. The number of ether oxygens (including phenoxy) is 3. The van der Waals surface area contributed by atoms with Crippen molar-refractivity contribution >= 4 is 5.97 Å². The van der Waals surface area contributed by atoms with Gasteiger partial charge in [0.2, 0.25) is 0 Å². The molecule has 1 atom stereocenters. The molecular formula is C11H10O4. The predicted molar refractivity (Wildman–Crippen MR) is 52.6 cm³/mol. The minimum Gasteiger partial charge on any atom is -0.497 e. The standard InChI is InChI=1S/C11H10O4/c1-13-8-3-2-4-9(7-8)14-11-6-5-10(12)15-11/h2-7,11H,1H3. The van der Waals surface area contributed by atoms with Crippen molar-refractivity contribution < 1.29 is 19.0 Å². The number of benzene rings is 1. The Balaban J connectivity index is 2.04. The van der Waals surface area contributed by atoms with Crippen LogP contribution in [0, 0.1) is 0 Å². The molecule has 0 N–H and O–H groups in total. The highest BCUT2D eigenvalue weighted by Gasteiger charge is 2.17. The van der Waals surface area contributed by atoms with Crippen molar-refractivity contribution in [3.05, 3.63) is 36.4 Å². The van der Waals surface area contributed by atoms with Crippen molar-refractivity contribution in [1.82, 2.24) is 0 Å². The maximum atomic E-state index is 10.8. The van der Waals surface area contributed by atoms with E-state index in [0.717, 1.165) is 0 Å². The van der Waals surface area contributed by atoms with Gasteiger partial charge in [-0.1, -0.05) is 6.07 Å². The molecule has 0 spiro atoms. The predicted octanol–water partition coefficient (Wildman–Crippen LogP) is 1.51. The lowest BCUT2D eigenvalue weighted by atomic mass is 10.3. The largest absolute Gasteiger partial charge is 0.497 e. The second kappa shape index (κ2) is 4.04. The van der Waals surface area contributed by atoms with Crippen LogP contribution in [0.15, 0.2) is 36.4 Å². The quantitative estimate of drug-likeness (QED) is 0.703. The molecule has 2 rings (SSSR count). The van der Waals surface area contributed by atoms with Crippen molar-refractivity contribution in [3.63, 3.8) is 0 Å². The molecule has 0 saturated heterocycles. The van der Waals surface area contributed by atoms with Crippen molar-refractivity contribution in [2.75, 3.05) is 7.11 Å². The van der Waals surface area contributed by atoms with Gasteiger partial charge in [0.05, 0.1) is 7.11 Å². The molecule has 1 heterocycles. The molecule has 0 amide bonds. The van der Waals surface area contributed by atoms with Gasteiger partial charge in [-0.15, -0.1) is 0 Å². The van der Waals surface area contributed by atoms with Crippen LogP contribution in [0.2, 0.25) is 0 Å². The maximum absolute atomic E-state index is 10.8. The molecule has 0 saturated carbocycles. The van der Waals surface area contributed by atoms with E-state index in [4.69, 9.17) is 14.2 Å². The zero-order chi connectivity index (χ0) is 10.7. The molecule has 1 aliphatic heterocycles. The number of esters is 1.